The molecule has 18 heavy (non-hydrogen) atoms. The Morgan fingerprint density at radius 2 is 2.17 bits per heavy atom. The number of amides is 1. The molecule has 5 nitrogen and oxygen atoms in total. The van der Waals surface area contributed by atoms with Crippen LogP contribution in [-0.4, -0.2) is 32.7 Å². The third-order valence-corrected chi connectivity index (χ3v) is 2.32. The molecule has 1 aromatic carbocycles. The standard InChI is InChI=1S/C13H20N2O3/c1-17-11-4-2-5-12(10-11)18-9-3-6-13(16)15-8-7-14/h2,4-5,10H,3,6-9,14H2,1H3,(H,15,16). The van der Waals surface area contributed by atoms with Gasteiger partial charge in [-0.3, -0.25) is 4.79 Å². The van der Waals surface area contributed by atoms with Gasteiger partial charge in [0, 0.05) is 25.6 Å². The summed E-state index contributed by atoms with van der Waals surface area (Å²) in [6.07, 6.45) is 1.12. The summed E-state index contributed by atoms with van der Waals surface area (Å²) >= 11 is 0. The van der Waals surface area contributed by atoms with Crippen LogP contribution in [0, 0.1) is 0 Å². The zero-order valence-corrected chi connectivity index (χ0v) is 10.6. The first kappa shape index (κ1) is 14.3. The minimum absolute atomic E-state index is 0.00897. The lowest BCUT2D eigenvalue weighted by Gasteiger charge is -2.07. The summed E-state index contributed by atoms with van der Waals surface area (Å²) in [6.45, 7) is 1.49. The SMILES string of the molecule is COc1cccc(OCCCC(=O)NCCN)c1. The molecular formula is C13H20N2O3. The first-order valence-electron chi connectivity index (χ1n) is 6.00. The summed E-state index contributed by atoms with van der Waals surface area (Å²) in [5.41, 5.74) is 5.28. The molecule has 0 aliphatic carbocycles. The number of methoxy groups -OCH3 is 1. The highest BCUT2D eigenvalue weighted by Gasteiger charge is 2.01. The summed E-state index contributed by atoms with van der Waals surface area (Å²) in [4.78, 5) is 11.3. The summed E-state index contributed by atoms with van der Waals surface area (Å²) in [5.74, 6) is 1.51. The fraction of sp³-hybridized carbons (Fsp3) is 0.462. The lowest BCUT2D eigenvalue weighted by Crippen LogP contribution is -2.29. The van der Waals surface area contributed by atoms with Crippen molar-refractivity contribution < 1.29 is 14.3 Å². The van der Waals surface area contributed by atoms with Gasteiger partial charge < -0.3 is 20.5 Å². The molecule has 0 bridgehead atoms. The summed E-state index contributed by atoms with van der Waals surface area (Å²) in [7, 11) is 1.61. The number of carbonyl (C=O) groups excluding carboxylic acids is 1. The van der Waals surface area contributed by atoms with E-state index in [0.717, 1.165) is 11.5 Å². The number of carbonyl (C=O) groups is 1. The average Bonchev–Trinajstić information content (AvgIpc) is 2.41. The van der Waals surface area contributed by atoms with E-state index in [4.69, 9.17) is 15.2 Å². The third kappa shape index (κ3) is 5.54. The predicted molar refractivity (Wildman–Crippen MR) is 69.8 cm³/mol. The molecule has 0 spiro atoms. The lowest BCUT2D eigenvalue weighted by atomic mass is 10.3. The third-order valence-electron chi connectivity index (χ3n) is 2.32. The van der Waals surface area contributed by atoms with Gasteiger partial charge in [0.05, 0.1) is 13.7 Å². The summed E-state index contributed by atoms with van der Waals surface area (Å²) in [6, 6.07) is 7.39. The van der Waals surface area contributed by atoms with Crippen molar-refractivity contribution in [3.05, 3.63) is 24.3 Å². The molecule has 1 rings (SSSR count). The molecule has 0 fully saturated rings. The van der Waals surface area contributed by atoms with E-state index in [9.17, 15) is 4.79 Å². The maximum atomic E-state index is 11.3. The van der Waals surface area contributed by atoms with Crippen molar-refractivity contribution in [1.29, 1.82) is 0 Å². The molecule has 0 unspecified atom stereocenters. The summed E-state index contributed by atoms with van der Waals surface area (Å²) < 4.78 is 10.6. The molecule has 100 valence electrons. The Bertz CT molecular complexity index is 369. The zero-order chi connectivity index (χ0) is 13.2. The second kappa shape index (κ2) is 8.36. The second-order valence-electron chi connectivity index (χ2n) is 3.77. The maximum Gasteiger partial charge on any atom is 0.220 e. The molecule has 0 aromatic heterocycles. The first-order valence-corrected chi connectivity index (χ1v) is 6.00. The van der Waals surface area contributed by atoms with Crippen LogP contribution in [0.2, 0.25) is 0 Å². The van der Waals surface area contributed by atoms with Crippen molar-refractivity contribution >= 4 is 5.91 Å². The van der Waals surface area contributed by atoms with Crippen LogP contribution in [0.3, 0.4) is 0 Å². The minimum atomic E-state index is 0.00897. The Hall–Kier alpha value is -1.75. The van der Waals surface area contributed by atoms with Crippen molar-refractivity contribution in [2.75, 3.05) is 26.8 Å². The van der Waals surface area contributed by atoms with Gasteiger partial charge in [0.1, 0.15) is 11.5 Å². The second-order valence-corrected chi connectivity index (χ2v) is 3.77. The molecule has 0 atom stereocenters. The van der Waals surface area contributed by atoms with Crippen molar-refractivity contribution in [3.63, 3.8) is 0 Å². The van der Waals surface area contributed by atoms with Gasteiger partial charge in [0.25, 0.3) is 0 Å². The highest BCUT2D eigenvalue weighted by atomic mass is 16.5. The molecule has 3 N–H and O–H groups in total. The van der Waals surface area contributed by atoms with E-state index < -0.39 is 0 Å². The van der Waals surface area contributed by atoms with E-state index in [1.807, 2.05) is 24.3 Å². The number of nitrogens with two attached hydrogens (primary N) is 1. The predicted octanol–water partition coefficient (Wildman–Crippen LogP) is 0.929. The number of ether oxygens (including phenoxy) is 2. The van der Waals surface area contributed by atoms with Crippen LogP contribution in [-0.2, 0) is 4.79 Å². The molecule has 0 heterocycles. The Kier molecular flexibility index (Phi) is 6.64. The Morgan fingerprint density at radius 3 is 2.89 bits per heavy atom. The molecule has 0 aliphatic heterocycles. The van der Waals surface area contributed by atoms with Gasteiger partial charge in [-0.05, 0) is 18.6 Å². The Labute approximate surface area is 107 Å². The van der Waals surface area contributed by atoms with Crippen LogP contribution in [0.1, 0.15) is 12.8 Å². The molecule has 0 aliphatic rings. The van der Waals surface area contributed by atoms with Crippen LogP contribution < -0.4 is 20.5 Å². The van der Waals surface area contributed by atoms with E-state index in [-0.39, 0.29) is 5.91 Å². The van der Waals surface area contributed by atoms with E-state index in [1.54, 1.807) is 7.11 Å². The fourth-order valence-corrected chi connectivity index (χ4v) is 1.41. The van der Waals surface area contributed by atoms with Crippen molar-refractivity contribution in [1.82, 2.24) is 5.32 Å². The number of rotatable bonds is 8. The quantitative estimate of drug-likeness (QED) is 0.675. The molecule has 0 radical (unpaired) electrons. The molecule has 0 saturated heterocycles. The lowest BCUT2D eigenvalue weighted by molar-refractivity contribution is -0.121. The van der Waals surface area contributed by atoms with E-state index >= 15 is 0 Å². The highest BCUT2D eigenvalue weighted by molar-refractivity contribution is 5.75. The van der Waals surface area contributed by atoms with Gasteiger partial charge in [-0.2, -0.15) is 0 Å². The molecular weight excluding hydrogens is 232 g/mol. The number of nitrogens with one attached hydrogen (secondary N) is 1. The maximum absolute atomic E-state index is 11.3. The smallest absolute Gasteiger partial charge is 0.220 e. The van der Waals surface area contributed by atoms with Crippen molar-refractivity contribution in [2.45, 2.75) is 12.8 Å². The van der Waals surface area contributed by atoms with Crippen molar-refractivity contribution in [3.8, 4) is 11.5 Å². The molecule has 5 heteroatoms. The topological polar surface area (TPSA) is 73.6 Å². The van der Waals surface area contributed by atoms with E-state index in [2.05, 4.69) is 5.32 Å². The van der Waals surface area contributed by atoms with Crippen LogP contribution in [0.4, 0.5) is 0 Å². The van der Waals surface area contributed by atoms with Gasteiger partial charge in [-0.1, -0.05) is 6.07 Å². The largest absolute Gasteiger partial charge is 0.497 e. The van der Waals surface area contributed by atoms with E-state index in [1.165, 1.54) is 0 Å². The first-order chi connectivity index (χ1) is 8.76. The van der Waals surface area contributed by atoms with Crippen LogP contribution in [0.5, 0.6) is 11.5 Å². The highest BCUT2D eigenvalue weighted by Crippen LogP contribution is 2.18. The molecule has 1 amide bonds. The minimum Gasteiger partial charge on any atom is -0.497 e. The monoisotopic (exact) mass is 252 g/mol. The summed E-state index contributed by atoms with van der Waals surface area (Å²) in [5, 5.41) is 2.71. The number of hydrogen-bond acceptors (Lipinski definition) is 4. The number of benzene rings is 1. The molecule has 0 saturated carbocycles. The van der Waals surface area contributed by atoms with Crippen LogP contribution in [0.25, 0.3) is 0 Å². The zero-order valence-electron chi connectivity index (χ0n) is 10.6. The van der Waals surface area contributed by atoms with Crippen LogP contribution >= 0.6 is 0 Å². The van der Waals surface area contributed by atoms with Crippen LogP contribution in [0.15, 0.2) is 24.3 Å². The van der Waals surface area contributed by atoms with Gasteiger partial charge in [-0.15, -0.1) is 0 Å². The van der Waals surface area contributed by atoms with Gasteiger partial charge in [-0.25, -0.2) is 0 Å². The normalized spacial score (nSPS) is 9.89. The molecule has 1 aromatic rings. The fourth-order valence-electron chi connectivity index (χ4n) is 1.41. The average molecular weight is 252 g/mol. The van der Waals surface area contributed by atoms with E-state index in [0.29, 0.717) is 32.5 Å². The number of hydrogen-bond donors (Lipinski definition) is 2. The van der Waals surface area contributed by atoms with Gasteiger partial charge in [0.15, 0.2) is 0 Å². The Morgan fingerprint density at radius 1 is 1.39 bits per heavy atom. The Balaban J connectivity index is 2.19. The van der Waals surface area contributed by atoms with Crippen molar-refractivity contribution in [2.24, 2.45) is 5.73 Å². The van der Waals surface area contributed by atoms with Gasteiger partial charge in [0.2, 0.25) is 5.91 Å². The van der Waals surface area contributed by atoms with Gasteiger partial charge >= 0.3 is 0 Å².